The van der Waals surface area contributed by atoms with Gasteiger partial charge in [0.15, 0.2) is 0 Å². The van der Waals surface area contributed by atoms with Crippen LogP contribution in [0.15, 0.2) is 0 Å². The SMILES string of the molecule is CSSC.[H+]. The second kappa shape index (κ2) is 3.70. The second-order valence-corrected chi connectivity index (χ2v) is 3.00. The summed E-state index contributed by atoms with van der Waals surface area (Å²) in [5.74, 6) is 0. The lowest BCUT2D eigenvalue weighted by Gasteiger charge is -1.69. The quantitative estimate of drug-likeness (QED) is 0.455. The summed E-state index contributed by atoms with van der Waals surface area (Å²) in [4.78, 5) is 0. The summed E-state index contributed by atoms with van der Waals surface area (Å²) in [5, 5.41) is 0. The molecule has 0 aliphatic rings. The van der Waals surface area contributed by atoms with Gasteiger partial charge in [0.1, 0.15) is 0 Å². The summed E-state index contributed by atoms with van der Waals surface area (Å²) in [7, 11) is 3.55. The molecule has 0 aliphatic heterocycles. The average molecular weight is 95.2 g/mol. The molecule has 0 nitrogen and oxygen atoms in total. The van der Waals surface area contributed by atoms with Gasteiger partial charge in [-0.05, 0) is 12.5 Å². The Kier molecular flexibility index (Phi) is 4.35. The first kappa shape index (κ1) is 4.70. The molecule has 0 fully saturated rings. The highest BCUT2D eigenvalue weighted by molar-refractivity contribution is 8.76. The van der Waals surface area contributed by atoms with Gasteiger partial charge in [-0.1, -0.05) is 21.6 Å². The van der Waals surface area contributed by atoms with Gasteiger partial charge in [-0.15, -0.1) is 0 Å². The molecule has 0 aromatic carbocycles. The van der Waals surface area contributed by atoms with Gasteiger partial charge < -0.3 is 0 Å². The van der Waals surface area contributed by atoms with Crippen LogP contribution in [0.3, 0.4) is 0 Å². The minimum atomic E-state index is 0. The minimum Gasteiger partial charge on any atom is -0.0979 e. The monoisotopic (exact) mass is 95.0 g/mol. The fourth-order valence-corrected chi connectivity index (χ4v) is 0. The van der Waals surface area contributed by atoms with Crippen LogP contribution in [0.4, 0.5) is 0 Å². The first-order valence-electron chi connectivity index (χ1n) is 0.983. The van der Waals surface area contributed by atoms with Gasteiger partial charge in [-0.3, -0.25) is 0 Å². The van der Waals surface area contributed by atoms with Gasteiger partial charge in [-0.25, -0.2) is 0 Å². The summed E-state index contributed by atoms with van der Waals surface area (Å²) in [6, 6.07) is 0. The molecular weight excluding hydrogens is 88.2 g/mol. The fraction of sp³-hybridized carbons (Fsp3) is 1.00. The van der Waals surface area contributed by atoms with Gasteiger partial charge in [0, 0.05) is 0 Å². The minimum absolute atomic E-state index is 0. The van der Waals surface area contributed by atoms with Crippen LogP contribution < -0.4 is 0 Å². The highest BCUT2D eigenvalue weighted by atomic mass is 33.1. The van der Waals surface area contributed by atoms with Crippen LogP contribution in [-0.4, -0.2) is 12.5 Å². The lowest BCUT2D eigenvalue weighted by atomic mass is 12.0. The molecule has 4 heavy (non-hydrogen) atoms. The molecule has 2 heteroatoms. The van der Waals surface area contributed by atoms with Crippen molar-refractivity contribution in [1.82, 2.24) is 0 Å². The molecule has 0 aromatic rings. The molecule has 0 saturated heterocycles. The van der Waals surface area contributed by atoms with E-state index in [-0.39, 0.29) is 1.43 Å². The number of rotatable bonds is 1. The Bertz CT molecular complexity index is 9.61. The first-order chi connectivity index (χ1) is 1.91. The second-order valence-electron chi connectivity index (χ2n) is 0.333. The predicted molar refractivity (Wildman–Crippen MR) is 28.1 cm³/mol. The van der Waals surface area contributed by atoms with E-state index in [9.17, 15) is 0 Å². The van der Waals surface area contributed by atoms with Crippen LogP contribution in [0.2, 0.25) is 0 Å². The molecule has 0 atom stereocenters. The summed E-state index contributed by atoms with van der Waals surface area (Å²) in [6.45, 7) is 0. The Hall–Kier alpha value is 0.700. The molecule has 0 N–H and O–H groups in total. The van der Waals surface area contributed by atoms with Crippen LogP contribution in [0.5, 0.6) is 0 Å². The predicted octanol–water partition coefficient (Wildman–Crippen LogP) is 1.74. The zero-order valence-electron chi connectivity index (χ0n) is 3.82. The van der Waals surface area contributed by atoms with E-state index in [1.165, 1.54) is 0 Å². The first-order valence-corrected chi connectivity index (χ1v) is 3.95. The Labute approximate surface area is 36.2 Å². The van der Waals surface area contributed by atoms with E-state index in [4.69, 9.17) is 0 Å². The summed E-state index contributed by atoms with van der Waals surface area (Å²) in [6.07, 6.45) is 4.12. The molecule has 0 heterocycles. The third kappa shape index (κ3) is 2.70. The molecular formula is C2H7S2+. The highest BCUT2D eigenvalue weighted by Gasteiger charge is 1.55. The molecule has 0 spiro atoms. The van der Waals surface area contributed by atoms with Gasteiger partial charge in [0.05, 0.1) is 0 Å². The maximum Gasteiger partial charge on any atom is 1.00 e. The van der Waals surface area contributed by atoms with Gasteiger partial charge in [-0.2, -0.15) is 0 Å². The van der Waals surface area contributed by atoms with Crippen molar-refractivity contribution in [3.63, 3.8) is 0 Å². The van der Waals surface area contributed by atoms with Crippen molar-refractivity contribution in [3.8, 4) is 0 Å². The lowest BCUT2D eigenvalue weighted by Crippen LogP contribution is -1.28. The zero-order chi connectivity index (χ0) is 3.41. The summed E-state index contributed by atoms with van der Waals surface area (Å²) < 4.78 is 0. The van der Waals surface area contributed by atoms with E-state index in [2.05, 4.69) is 12.5 Å². The van der Waals surface area contributed by atoms with Crippen molar-refractivity contribution in [1.29, 1.82) is 0 Å². The molecule has 0 rings (SSSR count). The van der Waals surface area contributed by atoms with Gasteiger partial charge in [0.25, 0.3) is 0 Å². The molecule has 0 unspecified atom stereocenters. The van der Waals surface area contributed by atoms with Crippen LogP contribution in [0, 0.1) is 0 Å². The van der Waals surface area contributed by atoms with Crippen molar-refractivity contribution in [3.05, 3.63) is 0 Å². The lowest BCUT2D eigenvalue weighted by molar-refractivity contribution is 2.51. The Morgan fingerprint density at radius 3 is 1.50 bits per heavy atom. The molecule has 0 aromatic heterocycles. The van der Waals surface area contributed by atoms with Gasteiger partial charge in [0.2, 0.25) is 0 Å². The van der Waals surface area contributed by atoms with Crippen molar-refractivity contribution >= 4 is 21.6 Å². The highest BCUT2D eigenvalue weighted by Crippen LogP contribution is 2.09. The number of hydrogen-bond acceptors (Lipinski definition) is 2. The number of hydrogen-bond donors (Lipinski definition) is 0. The van der Waals surface area contributed by atoms with E-state index in [1.807, 2.05) is 0 Å². The van der Waals surface area contributed by atoms with E-state index in [0.29, 0.717) is 0 Å². The molecule has 0 amide bonds. The Morgan fingerprint density at radius 2 is 1.50 bits per heavy atom. The topological polar surface area (TPSA) is 0 Å². The summed E-state index contributed by atoms with van der Waals surface area (Å²) >= 11 is 0. The Morgan fingerprint density at radius 1 is 1.25 bits per heavy atom. The van der Waals surface area contributed by atoms with Crippen LogP contribution in [0.1, 0.15) is 1.43 Å². The average Bonchev–Trinajstić information content (AvgIpc) is 1.37. The molecule has 0 saturated carbocycles. The smallest absolute Gasteiger partial charge is 0.0979 e. The van der Waals surface area contributed by atoms with Crippen LogP contribution in [-0.2, 0) is 0 Å². The van der Waals surface area contributed by atoms with Crippen molar-refractivity contribution < 1.29 is 1.43 Å². The zero-order valence-corrected chi connectivity index (χ0v) is 4.45. The fourth-order valence-electron chi connectivity index (χ4n) is 0. The van der Waals surface area contributed by atoms with Crippen molar-refractivity contribution in [2.24, 2.45) is 0 Å². The Balaban J connectivity index is 0. The molecule has 0 aliphatic carbocycles. The summed E-state index contributed by atoms with van der Waals surface area (Å²) in [5.41, 5.74) is 0. The van der Waals surface area contributed by atoms with E-state index >= 15 is 0 Å². The molecule has 0 bridgehead atoms. The van der Waals surface area contributed by atoms with Gasteiger partial charge >= 0.3 is 1.43 Å². The van der Waals surface area contributed by atoms with Crippen LogP contribution in [0.25, 0.3) is 0 Å². The maximum absolute atomic E-state index is 2.06. The van der Waals surface area contributed by atoms with E-state index in [0.717, 1.165) is 0 Å². The third-order valence-electron chi connectivity index (χ3n) is 0.167. The van der Waals surface area contributed by atoms with Crippen molar-refractivity contribution in [2.45, 2.75) is 0 Å². The van der Waals surface area contributed by atoms with E-state index in [1.54, 1.807) is 21.6 Å². The third-order valence-corrected chi connectivity index (χ3v) is 1.50. The maximum atomic E-state index is 2.06. The normalized spacial score (nSPS) is 7.50. The van der Waals surface area contributed by atoms with E-state index < -0.39 is 0 Å². The molecule has 26 valence electrons. The van der Waals surface area contributed by atoms with Crippen molar-refractivity contribution in [2.75, 3.05) is 12.5 Å². The van der Waals surface area contributed by atoms with Crippen LogP contribution >= 0.6 is 21.6 Å². The standard InChI is InChI=1S/C2H6S2/c1-3-4-2/h1-2H3/p+1. The molecule has 0 radical (unpaired) electrons. The largest absolute Gasteiger partial charge is 1.00 e.